The normalized spacial score (nSPS) is 13.5. The number of pyridine rings is 1. The van der Waals surface area contributed by atoms with Crippen molar-refractivity contribution in [2.75, 3.05) is 12.8 Å². The highest BCUT2D eigenvalue weighted by Crippen LogP contribution is 2.26. The summed E-state index contributed by atoms with van der Waals surface area (Å²) in [5.74, 6) is -0.250. The molecule has 3 rings (SSSR count). The Morgan fingerprint density at radius 1 is 1.14 bits per heavy atom. The van der Waals surface area contributed by atoms with Crippen LogP contribution in [0.15, 0.2) is 36.4 Å². The van der Waals surface area contributed by atoms with Gasteiger partial charge < -0.3 is 10.5 Å². The summed E-state index contributed by atoms with van der Waals surface area (Å²) in [7, 11) is 1.51. The molecule has 0 bridgehead atoms. The third-order valence-corrected chi connectivity index (χ3v) is 3.31. The van der Waals surface area contributed by atoms with Crippen molar-refractivity contribution in [2.45, 2.75) is 6.54 Å². The Morgan fingerprint density at radius 3 is 2.67 bits per heavy atom. The van der Waals surface area contributed by atoms with Crippen molar-refractivity contribution in [3.8, 4) is 5.88 Å². The number of benzene rings is 1. The number of ether oxygens (including phenoxy) is 1. The highest BCUT2D eigenvalue weighted by Gasteiger charge is 2.35. The number of anilines is 1. The fourth-order valence-electron chi connectivity index (χ4n) is 2.27. The summed E-state index contributed by atoms with van der Waals surface area (Å²) in [6.45, 7) is 0.101. The average Bonchev–Trinajstić information content (AvgIpc) is 2.72. The van der Waals surface area contributed by atoms with Gasteiger partial charge in [0.2, 0.25) is 5.88 Å². The molecule has 1 aliphatic heterocycles. The predicted molar refractivity (Wildman–Crippen MR) is 75.8 cm³/mol. The molecule has 0 radical (unpaired) electrons. The molecule has 0 saturated heterocycles. The van der Waals surface area contributed by atoms with Gasteiger partial charge in [0.15, 0.2) is 0 Å². The number of carbonyl (C=O) groups is 2. The van der Waals surface area contributed by atoms with Crippen LogP contribution in [0.4, 0.5) is 5.69 Å². The van der Waals surface area contributed by atoms with Crippen LogP contribution in [0.5, 0.6) is 5.88 Å². The summed E-state index contributed by atoms with van der Waals surface area (Å²) in [6.07, 6.45) is 0. The van der Waals surface area contributed by atoms with Gasteiger partial charge in [0.05, 0.1) is 30.5 Å². The van der Waals surface area contributed by atoms with Crippen LogP contribution in [0.25, 0.3) is 0 Å². The van der Waals surface area contributed by atoms with Gasteiger partial charge in [-0.1, -0.05) is 6.07 Å². The first-order valence-electron chi connectivity index (χ1n) is 6.36. The smallest absolute Gasteiger partial charge is 0.261 e. The van der Waals surface area contributed by atoms with E-state index in [1.165, 1.54) is 13.2 Å². The van der Waals surface area contributed by atoms with Crippen molar-refractivity contribution in [1.29, 1.82) is 0 Å². The second kappa shape index (κ2) is 4.90. The van der Waals surface area contributed by atoms with E-state index in [-0.39, 0.29) is 18.4 Å². The first-order chi connectivity index (χ1) is 10.1. The zero-order chi connectivity index (χ0) is 15.0. The zero-order valence-corrected chi connectivity index (χ0v) is 11.4. The Kier molecular flexibility index (Phi) is 3.06. The maximum absolute atomic E-state index is 12.3. The first-order valence-corrected chi connectivity index (χ1v) is 6.36. The van der Waals surface area contributed by atoms with Gasteiger partial charge in [-0.25, -0.2) is 4.98 Å². The van der Waals surface area contributed by atoms with E-state index < -0.39 is 0 Å². The molecule has 0 aliphatic carbocycles. The summed E-state index contributed by atoms with van der Waals surface area (Å²) in [6, 6.07) is 9.90. The van der Waals surface area contributed by atoms with Gasteiger partial charge in [0.1, 0.15) is 0 Å². The number of hydrogen-bond acceptors (Lipinski definition) is 5. The SMILES string of the molecule is COc1cccc(CN2C(=O)c3ccc(N)cc3C2=O)n1. The van der Waals surface area contributed by atoms with E-state index in [1.54, 1.807) is 30.3 Å². The number of hydrogen-bond donors (Lipinski definition) is 1. The third kappa shape index (κ3) is 2.20. The molecule has 2 aromatic rings. The van der Waals surface area contributed by atoms with Gasteiger partial charge in [-0.05, 0) is 24.3 Å². The highest BCUT2D eigenvalue weighted by atomic mass is 16.5. The van der Waals surface area contributed by atoms with E-state index in [0.717, 1.165) is 4.90 Å². The molecule has 2 N–H and O–H groups in total. The molecule has 1 aromatic carbocycles. The molecule has 6 nitrogen and oxygen atoms in total. The standard InChI is InChI=1S/C15H13N3O3/c1-21-13-4-2-3-10(17-13)8-18-14(19)11-6-5-9(16)7-12(11)15(18)20/h2-7H,8,16H2,1H3. The van der Waals surface area contributed by atoms with Crippen LogP contribution < -0.4 is 10.5 Å². The molecule has 1 aliphatic rings. The monoisotopic (exact) mass is 283 g/mol. The molecule has 0 saturated carbocycles. The Hall–Kier alpha value is -2.89. The molecule has 2 heterocycles. The average molecular weight is 283 g/mol. The topological polar surface area (TPSA) is 85.5 Å². The molecule has 0 atom stereocenters. The van der Waals surface area contributed by atoms with Crippen LogP contribution >= 0.6 is 0 Å². The molecule has 0 fully saturated rings. The largest absolute Gasteiger partial charge is 0.481 e. The van der Waals surface area contributed by atoms with Crippen LogP contribution in [0.1, 0.15) is 26.4 Å². The van der Waals surface area contributed by atoms with E-state index in [0.29, 0.717) is 28.4 Å². The molecular weight excluding hydrogens is 270 g/mol. The number of amides is 2. The van der Waals surface area contributed by atoms with Gasteiger partial charge in [0, 0.05) is 11.8 Å². The summed E-state index contributed by atoms with van der Waals surface area (Å²) >= 11 is 0. The van der Waals surface area contributed by atoms with Crippen molar-refractivity contribution in [2.24, 2.45) is 0 Å². The van der Waals surface area contributed by atoms with Crippen LogP contribution in [0.2, 0.25) is 0 Å². The molecule has 0 spiro atoms. The number of aromatic nitrogens is 1. The van der Waals surface area contributed by atoms with Gasteiger partial charge in [-0.3, -0.25) is 14.5 Å². The van der Waals surface area contributed by atoms with E-state index in [1.807, 2.05) is 0 Å². The number of rotatable bonds is 3. The summed E-state index contributed by atoms with van der Waals surface area (Å²) in [5, 5.41) is 0. The highest BCUT2D eigenvalue weighted by molar-refractivity contribution is 6.21. The maximum atomic E-state index is 12.3. The first kappa shape index (κ1) is 13.1. The van der Waals surface area contributed by atoms with E-state index in [4.69, 9.17) is 10.5 Å². The van der Waals surface area contributed by atoms with Crippen molar-refractivity contribution in [1.82, 2.24) is 9.88 Å². The minimum Gasteiger partial charge on any atom is -0.481 e. The van der Waals surface area contributed by atoms with Crippen molar-refractivity contribution in [3.63, 3.8) is 0 Å². The van der Waals surface area contributed by atoms with Crippen LogP contribution in [0, 0.1) is 0 Å². The third-order valence-electron chi connectivity index (χ3n) is 3.31. The zero-order valence-electron chi connectivity index (χ0n) is 11.4. The second-order valence-corrected chi connectivity index (χ2v) is 4.67. The molecule has 2 amide bonds. The number of nitrogens with zero attached hydrogens (tertiary/aromatic N) is 2. The summed E-state index contributed by atoms with van der Waals surface area (Å²) in [4.78, 5) is 30.0. The van der Waals surface area contributed by atoms with Gasteiger partial charge >= 0.3 is 0 Å². The van der Waals surface area contributed by atoms with E-state index in [9.17, 15) is 9.59 Å². The second-order valence-electron chi connectivity index (χ2n) is 4.67. The molecule has 1 aromatic heterocycles. The van der Waals surface area contributed by atoms with Crippen molar-refractivity contribution >= 4 is 17.5 Å². The molecule has 0 unspecified atom stereocenters. The molecule has 21 heavy (non-hydrogen) atoms. The lowest BCUT2D eigenvalue weighted by Gasteiger charge is -2.13. The fourth-order valence-corrected chi connectivity index (χ4v) is 2.27. The molecule has 106 valence electrons. The Balaban J connectivity index is 1.91. The lowest BCUT2D eigenvalue weighted by atomic mass is 10.1. The number of nitrogen functional groups attached to an aromatic ring is 1. The van der Waals surface area contributed by atoms with Gasteiger partial charge in [-0.2, -0.15) is 0 Å². The van der Waals surface area contributed by atoms with E-state index >= 15 is 0 Å². The maximum Gasteiger partial charge on any atom is 0.261 e. The minimum atomic E-state index is -0.355. The van der Waals surface area contributed by atoms with Gasteiger partial charge in [-0.15, -0.1) is 0 Å². The quantitative estimate of drug-likeness (QED) is 0.681. The predicted octanol–water partition coefficient (Wildman–Crippen LogP) is 1.47. The number of nitrogens with two attached hydrogens (primary N) is 1. The van der Waals surface area contributed by atoms with Crippen LogP contribution in [-0.2, 0) is 6.54 Å². The summed E-state index contributed by atoms with van der Waals surface area (Å²) < 4.78 is 5.03. The summed E-state index contributed by atoms with van der Waals surface area (Å²) in [5.41, 5.74) is 7.41. The van der Waals surface area contributed by atoms with Gasteiger partial charge in [0.25, 0.3) is 11.8 Å². The lowest BCUT2D eigenvalue weighted by Crippen LogP contribution is -2.29. The number of imide groups is 1. The number of carbonyl (C=O) groups excluding carboxylic acids is 2. The Bertz CT molecular complexity index is 743. The Labute approximate surface area is 121 Å². The molecule has 6 heteroatoms. The van der Waals surface area contributed by atoms with Crippen LogP contribution in [-0.4, -0.2) is 28.8 Å². The van der Waals surface area contributed by atoms with Crippen molar-refractivity contribution < 1.29 is 14.3 Å². The van der Waals surface area contributed by atoms with Crippen molar-refractivity contribution in [3.05, 3.63) is 53.2 Å². The Morgan fingerprint density at radius 2 is 1.90 bits per heavy atom. The lowest BCUT2D eigenvalue weighted by molar-refractivity contribution is 0.0640. The van der Waals surface area contributed by atoms with Crippen LogP contribution in [0.3, 0.4) is 0 Å². The van der Waals surface area contributed by atoms with E-state index in [2.05, 4.69) is 4.98 Å². The number of methoxy groups -OCH3 is 1. The minimum absolute atomic E-state index is 0.101. The molecular formula is C15H13N3O3. The fraction of sp³-hybridized carbons (Fsp3) is 0.133. The number of fused-ring (bicyclic) bond motifs is 1.